The van der Waals surface area contributed by atoms with Gasteiger partial charge in [-0.05, 0) is 43.9 Å². The van der Waals surface area contributed by atoms with Gasteiger partial charge in [-0.2, -0.15) is 0 Å². The van der Waals surface area contributed by atoms with Crippen LogP contribution in [0.15, 0.2) is 30.5 Å². The molecule has 0 aliphatic heterocycles. The van der Waals surface area contributed by atoms with E-state index in [0.29, 0.717) is 0 Å². The molecule has 0 amide bonds. The third-order valence-corrected chi connectivity index (χ3v) is 2.67. The van der Waals surface area contributed by atoms with Crippen molar-refractivity contribution in [3.63, 3.8) is 0 Å². The molecule has 1 N–H and O–H groups in total. The van der Waals surface area contributed by atoms with Gasteiger partial charge in [-0.15, -0.1) is 0 Å². The number of aliphatic hydroxyl groups is 1. The number of pyridine rings is 1. The minimum Gasteiger partial charge on any atom is -0.386 e. The van der Waals surface area contributed by atoms with Crippen molar-refractivity contribution in [2.75, 3.05) is 0 Å². The lowest BCUT2D eigenvalue weighted by Gasteiger charge is -2.18. The van der Waals surface area contributed by atoms with Gasteiger partial charge in [0, 0.05) is 17.3 Å². The smallest absolute Gasteiger partial charge is 0.0840 e. The zero-order valence-electron chi connectivity index (χ0n) is 9.28. The summed E-state index contributed by atoms with van der Waals surface area (Å²) >= 11 is 0. The fourth-order valence-electron chi connectivity index (χ4n) is 1.69. The zero-order chi connectivity index (χ0) is 11.1. The van der Waals surface area contributed by atoms with Gasteiger partial charge in [-0.25, -0.2) is 0 Å². The molecule has 0 saturated carbocycles. The average Bonchev–Trinajstić information content (AvgIpc) is 2.16. The van der Waals surface area contributed by atoms with Gasteiger partial charge in [0.25, 0.3) is 0 Å². The Labute approximate surface area is 89.6 Å². The molecule has 2 aromatic rings. The van der Waals surface area contributed by atoms with Crippen LogP contribution in [0.2, 0.25) is 0 Å². The maximum atomic E-state index is 9.92. The Bertz CT molecular complexity index is 497. The largest absolute Gasteiger partial charge is 0.386 e. The number of rotatable bonds is 1. The fourth-order valence-corrected chi connectivity index (χ4v) is 1.69. The molecule has 0 fully saturated rings. The summed E-state index contributed by atoms with van der Waals surface area (Å²) in [7, 11) is 0. The van der Waals surface area contributed by atoms with Crippen molar-refractivity contribution in [1.29, 1.82) is 0 Å². The predicted octanol–water partition coefficient (Wildman–Crippen LogP) is 2.77. The van der Waals surface area contributed by atoms with Gasteiger partial charge in [0.1, 0.15) is 0 Å². The van der Waals surface area contributed by atoms with E-state index in [9.17, 15) is 5.11 Å². The van der Waals surface area contributed by atoms with Crippen molar-refractivity contribution >= 4 is 10.8 Å². The second kappa shape index (κ2) is 3.31. The van der Waals surface area contributed by atoms with E-state index in [1.807, 2.05) is 31.2 Å². The molecular weight excluding hydrogens is 186 g/mol. The molecule has 1 aromatic carbocycles. The van der Waals surface area contributed by atoms with Crippen LogP contribution in [0.1, 0.15) is 25.1 Å². The third kappa shape index (κ3) is 1.85. The van der Waals surface area contributed by atoms with E-state index in [2.05, 4.69) is 4.98 Å². The lowest BCUT2D eigenvalue weighted by molar-refractivity contribution is 0.0787. The zero-order valence-corrected chi connectivity index (χ0v) is 9.28. The second-order valence-corrected chi connectivity index (χ2v) is 4.39. The van der Waals surface area contributed by atoms with Crippen LogP contribution < -0.4 is 0 Å². The molecule has 0 atom stereocenters. The summed E-state index contributed by atoms with van der Waals surface area (Å²) in [6.45, 7) is 5.57. The first-order chi connectivity index (χ1) is 6.98. The lowest BCUT2D eigenvalue weighted by Crippen LogP contribution is -2.15. The molecule has 0 bridgehead atoms. The molecule has 0 radical (unpaired) electrons. The van der Waals surface area contributed by atoms with E-state index < -0.39 is 5.60 Å². The summed E-state index contributed by atoms with van der Waals surface area (Å²) in [5.74, 6) is 0. The fraction of sp³-hybridized carbons (Fsp3) is 0.308. The van der Waals surface area contributed by atoms with Crippen LogP contribution in [0.4, 0.5) is 0 Å². The summed E-state index contributed by atoms with van der Waals surface area (Å²) in [4.78, 5) is 4.25. The minimum absolute atomic E-state index is 0.795. The number of aromatic nitrogens is 1. The van der Waals surface area contributed by atoms with E-state index in [4.69, 9.17) is 0 Å². The molecular formula is C13H15NO. The van der Waals surface area contributed by atoms with Crippen LogP contribution in [0.5, 0.6) is 0 Å². The van der Waals surface area contributed by atoms with Crippen molar-refractivity contribution in [2.24, 2.45) is 0 Å². The number of hydrogen-bond donors (Lipinski definition) is 1. The number of aryl methyl sites for hydroxylation is 1. The Morgan fingerprint density at radius 2 is 1.93 bits per heavy atom. The standard InChI is InChI=1S/C13H15NO/c1-9-12-8-11(13(2,3)15)5-4-10(12)6-7-14-9/h4-8,15H,1-3H3. The predicted molar refractivity (Wildman–Crippen MR) is 61.7 cm³/mol. The molecule has 2 nitrogen and oxygen atoms in total. The number of hydrogen-bond acceptors (Lipinski definition) is 2. The molecule has 0 spiro atoms. The first-order valence-corrected chi connectivity index (χ1v) is 5.07. The van der Waals surface area contributed by atoms with E-state index in [-0.39, 0.29) is 0 Å². The molecule has 1 aromatic heterocycles. The van der Waals surface area contributed by atoms with Gasteiger partial charge in [0.05, 0.1) is 5.60 Å². The SMILES string of the molecule is Cc1nccc2ccc(C(C)(C)O)cc12. The van der Waals surface area contributed by atoms with Gasteiger partial charge in [-0.1, -0.05) is 12.1 Å². The quantitative estimate of drug-likeness (QED) is 0.769. The summed E-state index contributed by atoms with van der Waals surface area (Å²) in [6.07, 6.45) is 1.81. The molecule has 0 aliphatic rings. The molecule has 15 heavy (non-hydrogen) atoms. The summed E-state index contributed by atoms with van der Waals surface area (Å²) in [6, 6.07) is 7.98. The van der Waals surface area contributed by atoms with Gasteiger partial charge in [0.15, 0.2) is 0 Å². The highest BCUT2D eigenvalue weighted by Crippen LogP contribution is 2.25. The van der Waals surface area contributed by atoms with Crippen LogP contribution in [0.25, 0.3) is 10.8 Å². The highest BCUT2D eigenvalue weighted by molar-refractivity contribution is 5.85. The summed E-state index contributed by atoms with van der Waals surface area (Å²) in [5.41, 5.74) is 1.13. The maximum absolute atomic E-state index is 9.92. The normalized spacial score (nSPS) is 12.0. The molecule has 1 heterocycles. The Morgan fingerprint density at radius 1 is 1.20 bits per heavy atom. The molecule has 0 aliphatic carbocycles. The van der Waals surface area contributed by atoms with Crippen LogP contribution in [0, 0.1) is 6.92 Å². The van der Waals surface area contributed by atoms with E-state index in [1.165, 1.54) is 0 Å². The Kier molecular flexibility index (Phi) is 2.24. The molecule has 2 heteroatoms. The van der Waals surface area contributed by atoms with Crippen LogP contribution in [0.3, 0.4) is 0 Å². The van der Waals surface area contributed by atoms with E-state index >= 15 is 0 Å². The Hall–Kier alpha value is -1.41. The molecule has 0 unspecified atom stereocenters. The number of benzene rings is 1. The Morgan fingerprint density at radius 3 is 2.60 bits per heavy atom. The summed E-state index contributed by atoms with van der Waals surface area (Å²) < 4.78 is 0. The average molecular weight is 201 g/mol. The van der Waals surface area contributed by atoms with Crippen molar-refractivity contribution < 1.29 is 5.11 Å². The van der Waals surface area contributed by atoms with Crippen molar-refractivity contribution in [2.45, 2.75) is 26.4 Å². The van der Waals surface area contributed by atoms with Crippen LogP contribution in [-0.4, -0.2) is 10.1 Å². The Balaban J connectivity index is 2.70. The van der Waals surface area contributed by atoms with Gasteiger partial charge in [-0.3, -0.25) is 4.98 Å². The lowest BCUT2D eigenvalue weighted by atomic mass is 9.95. The second-order valence-electron chi connectivity index (χ2n) is 4.39. The number of nitrogens with zero attached hydrogens (tertiary/aromatic N) is 1. The highest BCUT2D eigenvalue weighted by atomic mass is 16.3. The molecule has 78 valence electrons. The van der Waals surface area contributed by atoms with Crippen molar-refractivity contribution in [1.82, 2.24) is 4.98 Å². The van der Waals surface area contributed by atoms with Crippen molar-refractivity contribution in [3.05, 3.63) is 41.7 Å². The maximum Gasteiger partial charge on any atom is 0.0840 e. The van der Waals surface area contributed by atoms with Crippen LogP contribution in [-0.2, 0) is 5.60 Å². The highest BCUT2D eigenvalue weighted by Gasteiger charge is 2.16. The number of fused-ring (bicyclic) bond motifs is 1. The first-order valence-electron chi connectivity index (χ1n) is 5.07. The monoisotopic (exact) mass is 201 g/mol. The molecule has 0 saturated heterocycles. The van der Waals surface area contributed by atoms with E-state index in [1.54, 1.807) is 20.0 Å². The van der Waals surface area contributed by atoms with E-state index in [0.717, 1.165) is 22.0 Å². The minimum atomic E-state index is -0.795. The third-order valence-electron chi connectivity index (χ3n) is 2.67. The topological polar surface area (TPSA) is 33.1 Å². The molecule has 2 rings (SSSR count). The van der Waals surface area contributed by atoms with Gasteiger partial charge < -0.3 is 5.11 Å². The van der Waals surface area contributed by atoms with Gasteiger partial charge in [0.2, 0.25) is 0 Å². The first kappa shape index (κ1) is 10.1. The van der Waals surface area contributed by atoms with Gasteiger partial charge >= 0.3 is 0 Å². The van der Waals surface area contributed by atoms with Crippen LogP contribution >= 0.6 is 0 Å². The summed E-state index contributed by atoms with van der Waals surface area (Å²) in [5, 5.41) is 12.2. The van der Waals surface area contributed by atoms with Crippen molar-refractivity contribution in [3.8, 4) is 0 Å².